The molecule has 10 radical (unpaired) electrons. The third-order valence-electron chi connectivity index (χ3n) is 5.86. The summed E-state index contributed by atoms with van der Waals surface area (Å²) in [6.07, 6.45) is 27.8. The Balaban J connectivity index is 1.43. The van der Waals surface area contributed by atoms with E-state index in [4.69, 9.17) is 0 Å². The van der Waals surface area contributed by atoms with E-state index in [0.717, 1.165) is 0 Å². The maximum atomic E-state index is 2.58. The summed E-state index contributed by atoms with van der Waals surface area (Å²) < 4.78 is 0. The normalized spacial score (nSPS) is 36.7. The zero-order valence-corrected chi connectivity index (χ0v) is 14.5. The molecule has 4 aliphatic carbocycles. The Morgan fingerprint density at radius 1 is 0.783 bits per heavy atom. The second-order valence-electron chi connectivity index (χ2n) is 7.18. The largest absolute Gasteiger partial charge is 0.0762 e. The van der Waals surface area contributed by atoms with Crippen molar-refractivity contribution in [2.75, 3.05) is 0 Å². The molecule has 1 heteroatoms. The van der Waals surface area contributed by atoms with Gasteiger partial charge in [-0.3, -0.25) is 0 Å². The Kier molecular flexibility index (Phi) is 3.37. The molecule has 0 aromatic carbocycles. The van der Waals surface area contributed by atoms with E-state index in [9.17, 15) is 0 Å². The molecule has 5 rings (SSSR count). The van der Waals surface area contributed by atoms with Gasteiger partial charge in [0.15, 0.2) is 0 Å². The molecule has 0 nitrogen and oxygen atoms in total. The van der Waals surface area contributed by atoms with Crippen molar-refractivity contribution in [3.05, 3.63) is 109 Å². The van der Waals surface area contributed by atoms with Crippen molar-refractivity contribution in [2.45, 2.75) is 25.4 Å². The number of hydrogen-bond acceptors (Lipinski definition) is 0. The predicted molar refractivity (Wildman–Crippen MR) is 97.8 cm³/mol. The molecule has 2 saturated carbocycles. The summed E-state index contributed by atoms with van der Waals surface area (Å²) in [5.41, 5.74) is 3.32. The molecule has 0 spiro atoms. The molecule has 1 saturated heterocycles. The van der Waals surface area contributed by atoms with Crippen molar-refractivity contribution >= 4 is 8.07 Å². The average Bonchev–Trinajstić information content (AvgIpc) is 3.17. The van der Waals surface area contributed by atoms with Crippen LogP contribution < -0.4 is 0 Å². The highest BCUT2D eigenvalue weighted by atomic mass is 28.3. The van der Waals surface area contributed by atoms with Gasteiger partial charge in [0.2, 0.25) is 0 Å². The van der Waals surface area contributed by atoms with Gasteiger partial charge in [0, 0.05) is 23.7 Å². The summed E-state index contributed by atoms with van der Waals surface area (Å²) in [4.78, 5) is 0. The number of fused-ring (bicyclic) bond motifs is 4. The van der Waals surface area contributed by atoms with Crippen LogP contribution in [0.1, 0.15) is 12.8 Å². The molecule has 0 bridgehead atoms. The summed E-state index contributed by atoms with van der Waals surface area (Å²) in [6.45, 7) is 2.58. The van der Waals surface area contributed by atoms with Crippen molar-refractivity contribution in [1.29, 1.82) is 0 Å². The lowest BCUT2D eigenvalue weighted by atomic mass is 9.84. The van der Waals surface area contributed by atoms with Crippen LogP contribution in [0.25, 0.3) is 0 Å². The Bertz CT molecular complexity index is 577. The fourth-order valence-corrected chi connectivity index (χ4v) is 8.67. The first-order valence-corrected chi connectivity index (χ1v) is 11.3. The summed E-state index contributed by atoms with van der Waals surface area (Å²) in [7, 11) is -1.60. The van der Waals surface area contributed by atoms with Crippen molar-refractivity contribution in [2.24, 2.45) is 0 Å². The Labute approximate surface area is 142 Å². The molecule has 0 aromatic rings. The van der Waals surface area contributed by atoms with E-state index in [0.29, 0.717) is 0 Å². The monoisotopic (exact) mass is 312 g/mol. The maximum Gasteiger partial charge on any atom is 0.0653 e. The highest BCUT2D eigenvalue weighted by Gasteiger charge is 2.58. The van der Waals surface area contributed by atoms with E-state index >= 15 is 0 Å². The van der Waals surface area contributed by atoms with Gasteiger partial charge in [0.05, 0.1) is 8.07 Å². The molecule has 112 valence electrons. The fourth-order valence-electron chi connectivity index (χ4n) is 4.57. The van der Waals surface area contributed by atoms with Gasteiger partial charge in [0.25, 0.3) is 0 Å². The van der Waals surface area contributed by atoms with Gasteiger partial charge in [-0.2, -0.15) is 0 Å². The zero-order chi connectivity index (χ0) is 15.4. The van der Waals surface area contributed by atoms with Crippen molar-refractivity contribution in [3.8, 4) is 0 Å². The summed E-state index contributed by atoms with van der Waals surface area (Å²) in [5, 5.41) is 0. The molecule has 1 heterocycles. The van der Waals surface area contributed by atoms with Gasteiger partial charge in [-0.25, -0.2) is 0 Å². The molecule has 23 heavy (non-hydrogen) atoms. The molecule has 1 atom stereocenters. The maximum absolute atomic E-state index is 2.58. The van der Waals surface area contributed by atoms with Gasteiger partial charge >= 0.3 is 0 Å². The molecule has 0 N–H and O–H groups in total. The lowest BCUT2D eigenvalue weighted by molar-refractivity contribution is 0.768. The van der Waals surface area contributed by atoms with E-state index in [-0.39, 0.29) is 0 Å². The minimum absolute atomic E-state index is 1.26. The van der Waals surface area contributed by atoms with E-state index in [2.05, 4.69) is 74.4 Å². The molecule has 1 aliphatic heterocycles. The number of rotatable bonds is 1. The van der Waals surface area contributed by atoms with Crippen LogP contribution in [0.4, 0.5) is 0 Å². The van der Waals surface area contributed by atoms with E-state index < -0.39 is 8.07 Å². The zero-order valence-electron chi connectivity index (χ0n) is 13.5. The van der Waals surface area contributed by atoms with Gasteiger partial charge in [0.1, 0.15) is 0 Å². The van der Waals surface area contributed by atoms with Gasteiger partial charge in [-0.15, -0.1) is 0 Å². The van der Waals surface area contributed by atoms with Gasteiger partial charge in [-0.05, 0) is 42.7 Å². The van der Waals surface area contributed by atoms with E-state index in [1.807, 2.05) is 0 Å². The summed E-state index contributed by atoms with van der Waals surface area (Å²) in [6, 6.07) is 1.38. The van der Waals surface area contributed by atoms with E-state index in [1.165, 1.54) is 42.6 Å². The smallest absolute Gasteiger partial charge is 0.0653 e. The first kappa shape index (κ1) is 14.5. The van der Waals surface area contributed by atoms with Crippen LogP contribution in [-0.2, 0) is 0 Å². The standard InChI is InChI=1S/C22H20Si/c1-23(19-13-16-7-2-3-8-17(16)14-19)12-6-11-21-20-10-5-4-9-18(20)15-22(21)23/h2-5,7-10,13-15H,6,11-12H2,1H3. The molecule has 1 unspecified atom stereocenters. The van der Waals surface area contributed by atoms with Gasteiger partial charge < -0.3 is 0 Å². The topological polar surface area (TPSA) is 0 Å². The molecular weight excluding hydrogens is 292 g/mol. The lowest BCUT2D eigenvalue weighted by Gasteiger charge is -2.45. The quantitative estimate of drug-likeness (QED) is 0.607. The first-order chi connectivity index (χ1) is 11.3. The van der Waals surface area contributed by atoms with E-state index in [1.54, 1.807) is 17.0 Å². The summed E-state index contributed by atoms with van der Waals surface area (Å²) >= 11 is 0. The third-order valence-corrected chi connectivity index (χ3v) is 10.4. The number of hydrogen-bond donors (Lipinski definition) is 0. The average molecular weight is 312 g/mol. The third kappa shape index (κ3) is 2.15. The minimum Gasteiger partial charge on any atom is -0.0762 e. The molecular formula is C22H20Si. The second-order valence-corrected chi connectivity index (χ2v) is 11.5. The van der Waals surface area contributed by atoms with Crippen LogP contribution in [0.15, 0.2) is 48.6 Å². The molecule has 3 fully saturated rings. The van der Waals surface area contributed by atoms with Gasteiger partial charge in [-0.1, -0.05) is 67.6 Å². The molecule has 5 aliphatic rings. The number of allylic oxidation sites excluding steroid dienone is 8. The van der Waals surface area contributed by atoms with Crippen LogP contribution in [0, 0.1) is 59.9 Å². The van der Waals surface area contributed by atoms with Crippen LogP contribution in [0.5, 0.6) is 0 Å². The Hall–Kier alpha value is -0.823. The predicted octanol–water partition coefficient (Wildman–Crippen LogP) is 4.85. The molecule has 0 aromatic heterocycles. The Morgan fingerprint density at radius 3 is 2.17 bits per heavy atom. The Morgan fingerprint density at radius 2 is 1.43 bits per heavy atom. The highest BCUT2D eigenvalue weighted by Crippen LogP contribution is 2.62. The van der Waals surface area contributed by atoms with Crippen molar-refractivity contribution in [3.63, 3.8) is 0 Å². The first-order valence-electron chi connectivity index (χ1n) is 8.59. The lowest BCUT2D eigenvalue weighted by Crippen LogP contribution is -2.49. The second kappa shape index (κ2) is 5.34. The molecule has 0 amide bonds. The highest BCUT2D eigenvalue weighted by molar-refractivity contribution is 6.91. The van der Waals surface area contributed by atoms with Crippen LogP contribution in [0.3, 0.4) is 0 Å². The summed E-state index contributed by atoms with van der Waals surface area (Å²) in [5.74, 6) is 7.39. The van der Waals surface area contributed by atoms with Crippen LogP contribution >= 0.6 is 0 Å². The minimum atomic E-state index is -1.60. The van der Waals surface area contributed by atoms with Crippen LogP contribution in [0.2, 0.25) is 12.6 Å². The van der Waals surface area contributed by atoms with Crippen LogP contribution in [-0.4, -0.2) is 8.07 Å². The SMILES string of the molecule is C[Si]1([C]2[CH][C]3C=CC=C[C]3[CH]2)CCC[C]2[C]3C=CC=C[C]3[CH][C]21. The van der Waals surface area contributed by atoms with Crippen molar-refractivity contribution in [1.82, 2.24) is 0 Å². The van der Waals surface area contributed by atoms with Crippen molar-refractivity contribution < 1.29 is 0 Å². The fraction of sp³-hybridized carbons (Fsp3) is 0.182.